The number of aryl methyl sites for hydroxylation is 2. The van der Waals surface area contributed by atoms with Crippen molar-refractivity contribution in [3.63, 3.8) is 0 Å². The van der Waals surface area contributed by atoms with Crippen LogP contribution in [0.4, 0.5) is 0 Å². The topological polar surface area (TPSA) is 167 Å². The van der Waals surface area contributed by atoms with Crippen LogP contribution in [0.3, 0.4) is 0 Å². The largest absolute Gasteiger partial charge is 0.480 e. The fourth-order valence-corrected chi connectivity index (χ4v) is 6.17. The number of carbonyl (C=O) groups is 2. The van der Waals surface area contributed by atoms with Crippen molar-refractivity contribution in [2.24, 2.45) is 12.0 Å². The van der Waals surface area contributed by atoms with Gasteiger partial charge in [0.2, 0.25) is 10.0 Å². The summed E-state index contributed by atoms with van der Waals surface area (Å²) >= 11 is 0. The Labute approximate surface area is 255 Å². The third-order valence-electron chi connectivity index (χ3n) is 7.32. The van der Waals surface area contributed by atoms with Crippen molar-refractivity contribution in [3.05, 3.63) is 84.1 Å². The van der Waals surface area contributed by atoms with Gasteiger partial charge in [0, 0.05) is 37.3 Å². The molecule has 5 N–H and O–H groups in total. The summed E-state index contributed by atoms with van der Waals surface area (Å²) in [7, 11) is -2.37. The minimum atomic E-state index is -4.17. The predicted octanol–water partition coefficient (Wildman–Crippen LogP) is 2.27. The Hall–Kier alpha value is -4.43. The van der Waals surface area contributed by atoms with Gasteiger partial charge in [0.15, 0.2) is 6.29 Å². The van der Waals surface area contributed by atoms with Crippen LogP contribution in [0.2, 0.25) is 0 Å². The molecule has 1 aliphatic rings. The van der Waals surface area contributed by atoms with E-state index in [-0.39, 0.29) is 11.2 Å². The molecule has 12 nitrogen and oxygen atoms in total. The van der Waals surface area contributed by atoms with Crippen molar-refractivity contribution in [2.75, 3.05) is 19.6 Å². The molecule has 44 heavy (non-hydrogen) atoms. The molecule has 230 valence electrons. The molecule has 2 unspecified atom stereocenters. The monoisotopic (exact) mass is 617 g/mol. The number of benzene rings is 3. The smallest absolute Gasteiger partial charge is 0.323 e. The first kappa shape index (κ1) is 31.0. The van der Waals surface area contributed by atoms with E-state index < -0.39 is 34.5 Å². The number of aliphatic imine (C=N–C) groups is 1. The quantitative estimate of drug-likeness (QED) is 0.143. The van der Waals surface area contributed by atoms with E-state index in [1.54, 1.807) is 36.0 Å². The lowest BCUT2D eigenvalue weighted by Crippen LogP contribution is -2.48. The number of rotatable bonds is 13. The van der Waals surface area contributed by atoms with Crippen molar-refractivity contribution >= 4 is 39.0 Å². The summed E-state index contributed by atoms with van der Waals surface area (Å²) in [5.41, 5.74) is 3.72. The van der Waals surface area contributed by atoms with Crippen molar-refractivity contribution in [1.29, 1.82) is 0 Å². The lowest BCUT2D eigenvalue weighted by molar-refractivity contribution is -0.138. The first-order valence-corrected chi connectivity index (χ1v) is 15.8. The van der Waals surface area contributed by atoms with Crippen LogP contribution in [0.15, 0.2) is 82.7 Å². The normalized spacial score (nSPS) is 15.7. The number of carboxylic acids is 1. The predicted molar refractivity (Wildman–Crippen MR) is 168 cm³/mol. The maximum absolute atomic E-state index is 13.0. The van der Waals surface area contributed by atoms with Gasteiger partial charge in [-0.1, -0.05) is 48.5 Å². The van der Waals surface area contributed by atoms with Gasteiger partial charge in [-0.05, 0) is 61.2 Å². The van der Waals surface area contributed by atoms with E-state index >= 15 is 0 Å². The van der Waals surface area contributed by atoms with E-state index in [2.05, 4.69) is 30.8 Å². The lowest BCUT2D eigenvalue weighted by Gasteiger charge is -2.18. The average molecular weight is 618 g/mol. The molecule has 13 heteroatoms. The van der Waals surface area contributed by atoms with E-state index in [1.807, 2.05) is 42.6 Å². The standard InChI is InChI=1S/C31H35N7O5S/c1-38-28-19-23(12-15-25(28)26(36-38)9-5-16-32-31-33-17-6-18-34-31)29(39)35-20-27(30(40)41)37-44(42,43)24-13-10-22(11-14-24)21-7-3-2-4-8-21/h2-4,7-8,10-15,17,19,27,31-32,34,37H,5-6,9,16,18,20H2,1H3,(H,35,39)(H,40,41). The van der Waals surface area contributed by atoms with Crippen molar-refractivity contribution < 1.29 is 23.1 Å². The number of carboxylic acid groups (broad SMARTS) is 1. The van der Waals surface area contributed by atoms with E-state index in [9.17, 15) is 23.1 Å². The van der Waals surface area contributed by atoms with Crippen LogP contribution in [0, 0.1) is 0 Å². The summed E-state index contributed by atoms with van der Waals surface area (Å²) in [4.78, 5) is 29.2. The number of aromatic nitrogens is 2. The number of sulfonamides is 1. The van der Waals surface area contributed by atoms with Crippen molar-refractivity contribution in [2.45, 2.75) is 36.5 Å². The number of amides is 1. The first-order valence-electron chi connectivity index (χ1n) is 14.3. The van der Waals surface area contributed by atoms with Gasteiger partial charge in [-0.25, -0.2) is 8.42 Å². The molecule has 0 bridgehead atoms. The molecular formula is C31H35N7O5S. The molecule has 0 spiro atoms. The van der Waals surface area contributed by atoms with Crippen LogP contribution >= 0.6 is 0 Å². The molecule has 0 saturated carbocycles. The Kier molecular flexibility index (Phi) is 9.80. The highest BCUT2D eigenvalue weighted by atomic mass is 32.2. The number of hydrogen-bond acceptors (Lipinski definition) is 8. The zero-order chi connectivity index (χ0) is 31.1. The van der Waals surface area contributed by atoms with Crippen molar-refractivity contribution in [3.8, 4) is 11.1 Å². The van der Waals surface area contributed by atoms with E-state index in [0.29, 0.717) is 5.56 Å². The fourth-order valence-electron chi connectivity index (χ4n) is 4.98. The Morgan fingerprint density at radius 3 is 2.52 bits per heavy atom. The van der Waals surface area contributed by atoms with Gasteiger partial charge in [-0.2, -0.15) is 9.82 Å². The molecule has 0 saturated heterocycles. The van der Waals surface area contributed by atoms with Crippen LogP contribution in [0.1, 0.15) is 28.9 Å². The molecule has 1 aromatic heterocycles. The number of hydrogen-bond donors (Lipinski definition) is 5. The van der Waals surface area contributed by atoms with Gasteiger partial charge in [0.05, 0.1) is 16.1 Å². The molecule has 4 aromatic rings. The molecule has 0 fully saturated rings. The highest BCUT2D eigenvalue weighted by Gasteiger charge is 2.26. The summed E-state index contributed by atoms with van der Waals surface area (Å²) < 4.78 is 29.8. The van der Waals surface area contributed by atoms with E-state index in [0.717, 1.165) is 60.1 Å². The number of aliphatic carboxylic acids is 1. The van der Waals surface area contributed by atoms with Crippen molar-refractivity contribution in [1.82, 2.24) is 30.5 Å². The summed E-state index contributed by atoms with van der Waals surface area (Å²) in [5, 5.41) is 24.4. The van der Waals surface area contributed by atoms with Gasteiger partial charge in [0.25, 0.3) is 5.91 Å². The van der Waals surface area contributed by atoms with Gasteiger partial charge in [-0.15, -0.1) is 0 Å². The highest BCUT2D eigenvalue weighted by molar-refractivity contribution is 7.89. The molecule has 3 aromatic carbocycles. The van der Waals surface area contributed by atoms with Crippen LogP contribution in [-0.2, 0) is 28.3 Å². The molecule has 0 radical (unpaired) electrons. The molecule has 5 rings (SSSR count). The Balaban J connectivity index is 1.18. The molecule has 1 aliphatic heterocycles. The SMILES string of the molecule is Cn1nc(CCCNC2N=CCCN2)c2ccc(C(=O)NCC(NS(=O)(=O)c3ccc(-c4ccccc4)cc3)C(=O)O)cc21. The zero-order valence-electron chi connectivity index (χ0n) is 24.2. The second-order valence-corrected chi connectivity index (χ2v) is 12.2. The first-order chi connectivity index (χ1) is 21.2. The summed E-state index contributed by atoms with van der Waals surface area (Å²) in [6, 6.07) is 19.2. The van der Waals surface area contributed by atoms with E-state index in [1.165, 1.54) is 12.1 Å². The third kappa shape index (κ3) is 7.55. The third-order valence-corrected chi connectivity index (χ3v) is 8.81. The number of nitrogens with one attached hydrogen (secondary N) is 4. The maximum atomic E-state index is 13.0. The minimum Gasteiger partial charge on any atom is -0.480 e. The molecule has 1 amide bonds. The molecular weight excluding hydrogens is 582 g/mol. The second kappa shape index (κ2) is 13.9. The Bertz CT molecular complexity index is 1760. The van der Waals surface area contributed by atoms with Gasteiger partial charge >= 0.3 is 5.97 Å². The second-order valence-electron chi connectivity index (χ2n) is 10.4. The zero-order valence-corrected chi connectivity index (χ0v) is 25.0. The fraction of sp³-hybridized carbons (Fsp3) is 0.290. The van der Waals surface area contributed by atoms with Crippen LogP contribution in [0.5, 0.6) is 0 Å². The molecule has 0 aliphatic carbocycles. The van der Waals surface area contributed by atoms with Crippen LogP contribution < -0.4 is 20.7 Å². The number of fused-ring (bicyclic) bond motifs is 1. The van der Waals surface area contributed by atoms with Crippen LogP contribution in [-0.4, -0.2) is 73.4 Å². The number of carbonyl (C=O) groups excluding carboxylic acids is 1. The number of nitrogens with zero attached hydrogens (tertiary/aromatic N) is 3. The van der Waals surface area contributed by atoms with Crippen LogP contribution in [0.25, 0.3) is 22.0 Å². The van der Waals surface area contributed by atoms with Gasteiger partial charge in [0.1, 0.15) is 6.04 Å². The average Bonchev–Trinajstić information content (AvgIpc) is 3.36. The highest BCUT2D eigenvalue weighted by Crippen LogP contribution is 2.22. The summed E-state index contributed by atoms with van der Waals surface area (Å²) in [6.45, 7) is 1.22. The molecule has 2 heterocycles. The van der Waals surface area contributed by atoms with Gasteiger partial charge < -0.3 is 10.4 Å². The minimum absolute atomic E-state index is 0.0622. The summed E-state index contributed by atoms with van der Waals surface area (Å²) in [6.07, 6.45) is 4.38. The maximum Gasteiger partial charge on any atom is 0.323 e. The van der Waals surface area contributed by atoms with Gasteiger partial charge in [-0.3, -0.25) is 29.9 Å². The Morgan fingerprint density at radius 1 is 1.07 bits per heavy atom. The lowest BCUT2D eigenvalue weighted by atomic mass is 10.1. The van der Waals surface area contributed by atoms with E-state index in [4.69, 9.17) is 0 Å². The Morgan fingerprint density at radius 2 is 1.82 bits per heavy atom. The molecule has 2 atom stereocenters. The summed E-state index contributed by atoms with van der Waals surface area (Å²) in [5.74, 6) is -1.95.